The van der Waals surface area contributed by atoms with Gasteiger partial charge in [-0.05, 0) is 66.1 Å². The van der Waals surface area contributed by atoms with Crippen LogP contribution < -0.4 is 15.8 Å². The Morgan fingerprint density at radius 3 is 2.73 bits per heavy atom. The minimum absolute atomic E-state index is 0.0514. The van der Waals surface area contributed by atoms with Crippen molar-refractivity contribution in [3.63, 3.8) is 0 Å². The summed E-state index contributed by atoms with van der Waals surface area (Å²) in [6.45, 7) is 4.94. The highest BCUT2D eigenvalue weighted by Crippen LogP contribution is 2.31. The van der Waals surface area contributed by atoms with E-state index in [2.05, 4.69) is 25.2 Å². The highest BCUT2D eigenvalue weighted by Gasteiger charge is 2.21. The normalized spacial score (nSPS) is 16.2. The smallest absolute Gasteiger partial charge is 0.224 e. The van der Waals surface area contributed by atoms with E-state index in [1.165, 1.54) is 11.1 Å². The number of fused-ring (bicyclic) bond motifs is 1. The minimum Gasteiger partial charge on any atom is -0.493 e. The molecule has 2 aromatic rings. The van der Waals surface area contributed by atoms with Gasteiger partial charge in [0.25, 0.3) is 0 Å². The fourth-order valence-electron chi connectivity index (χ4n) is 3.38. The summed E-state index contributed by atoms with van der Waals surface area (Å²) in [6.07, 6.45) is 3.46. The predicted octanol–water partition coefficient (Wildman–Crippen LogP) is 4.04. The largest absolute Gasteiger partial charge is 0.493 e. The Bertz CT molecular complexity index is 753. The van der Waals surface area contributed by atoms with Gasteiger partial charge in [0.2, 0.25) is 5.91 Å². The van der Waals surface area contributed by atoms with Crippen LogP contribution in [-0.2, 0) is 17.6 Å². The molecule has 1 amide bonds. The summed E-state index contributed by atoms with van der Waals surface area (Å²) in [5, 5.41) is 3.19. The van der Waals surface area contributed by atoms with E-state index in [9.17, 15) is 4.79 Å². The summed E-state index contributed by atoms with van der Waals surface area (Å²) in [6, 6.07) is 13.9. The van der Waals surface area contributed by atoms with Crippen molar-refractivity contribution in [3.8, 4) is 5.75 Å². The number of aryl methyl sites for hydroxylation is 1. The number of hydrogen-bond acceptors (Lipinski definition) is 3. The van der Waals surface area contributed by atoms with Crippen LogP contribution in [0.1, 0.15) is 49.4 Å². The zero-order valence-electron chi connectivity index (χ0n) is 15.6. The molecule has 0 fully saturated rings. The molecule has 0 bridgehead atoms. The molecular weight excluding hydrogens is 324 g/mol. The SMILES string of the molecule is CC(C)COc1ccc(CC(=O)NC2CCCc3cc(N)ccc32)cc1. The topological polar surface area (TPSA) is 64.3 Å². The van der Waals surface area contributed by atoms with Crippen LogP contribution in [0, 0.1) is 5.92 Å². The van der Waals surface area contributed by atoms with E-state index in [1.54, 1.807) is 0 Å². The molecule has 1 aliphatic carbocycles. The number of amides is 1. The second kappa shape index (κ2) is 8.26. The lowest BCUT2D eigenvalue weighted by Gasteiger charge is -2.26. The molecule has 2 aromatic carbocycles. The molecule has 1 aliphatic rings. The van der Waals surface area contributed by atoms with Gasteiger partial charge in [-0.25, -0.2) is 0 Å². The standard InChI is InChI=1S/C22H28N2O2/c1-15(2)14-26-19-9-6-16(7-10-19)12-22(25)24-21-5-3-4-17-13-18(23)8-11-20(17)21/h6-11,13,15,21H,3-5,12,14,23H2,1-2H3,(H,24,25). The number of nitrogens with two attached hydrogens (primary N) is 1. The molecule has 3 N–H and O–H groups in total. The van der Waals surface area contributed by atoms with Crippen LogP contribution in [0.15, 0.2) is 42.5 Å². The van der Waals surface area contributed by atoms with Gasteiger partial charge in [0, 0.05) is 5.69 Å². The number of carbonyl (C=O) groups excluding carboxylic acids is 1. The first-order chi connectivity index (χ1) is 12.5. The maximum absolute atomic E-state index is 12.5. The van der Waals surface area contributed by atoms with Gasteiger partial charge in [-0.2, -0.15) is 0 Å². The molecule has 0 radical (unpaired) electrons. The third-order valence-electron chi connectivity index (χ3n) is 4.69. The Hall–Kier alpha value is -2.49. The molecule has 0 saturated carbocycles. The highest BCUT2D eigenvalue weighted by atomic mass is 16.5. The van der Waals surface area contributed by atoms with Gasteiger partial charge < -0.3 is 15.8 Å². The molecule has 1 atom stereocenters. The van der Waals surface area contributed by atoms with Crippen molar-refractivity contribution in [1.82, 2.24) is 5.32 Å². The Labute approximate surface area is 155 Å². The average molecular weight is 352 g/mol. The van der Waals surface area contributed by atoms with E-state index >= 15 is 0 Å². The van der Waals surface area contributed by atoms with E-state index in [0.717, 1.165) is 36.3 Å². The lowest BCUT2D eigenvalue weighted by atomic mass is 9.87. The van der Waals surface area contributed by atoms with Crippen LogP contribution in [-0.4, -0.2) is 12.5 Å². The van der Waals surface area contributed by atoms with Gasteiger partial charge in [0.05, 0.1) is 19.1 Å². The number of nitrogen functional groups attached to an aromatic ring is 1. The summed E-state index contributed by atoms with van der Waals surface area (Å²) >= 11 is 0. The van der Waals surface area contributed by atoms with E-state index < -0.39 is 0 Å². The third-order valence-corrected chi connectivity index (χ3v) is 4.69. The van der Waals surface area contributed by atoms with Gasteiger partial charge in [-0.15, -0.1) is 0 Å². The summed E-state index contributed by atoms with van der Waals surface area (Å²) in [5.41, 5.74) is 10.1. The maximum atomic E-state index is 12.5. The molecule has 26 heavy (non-hydrogen) atoms. The number of carbonyl (C=O) groups is 1. The Kier molecular flexibility index (Phi) is 5.82. The second-order valence-corrected chi connectivity index (χ2v) is 7.50. The quantitative estimate of drug-likeness (QED) is 0.771. The monoisotopic (exact) mass is 352 g/mol. The van der Waals surface area contributed by atoms with Crippen molar-refractivity contribution in [1.29, 1.82) is 0 Å². The fourth-order valence-corrected chi connectivity index (χ4v) is 3.38. The van der Waals surface area contributed by atoms with Crippen molar-refractivity contribution < 1.29 is 9.53 Å². The molecule has 0 heterocycles. The molecular formula is C22H28N2O2. The third kappa shape index (κ3) is 4.78. The minimum atomic E-state index is 0.0514. The summed E-state index contributed by atoms with van der Waals surface area (Å²) in [4.78, 5) is 12.5. The summed E-state index contributed by atoms with van der Waals surface area (Å²) in [7, 11) is 0. The van der Waals surface area contributed by atoms with Crippen molar-refractivity contribution in [2.75, 3.05) is 12.3 Å². The van der Waals surface area contributed by atoms with E-state index in [-0.39, 0.29) is 11.9 Å². The Morgan fingerprint density at radius 1 is 1.23 bits per heavy atom. The molecule has 0 aromatic heterocycles. The lowest BCUT2D eigenvalue weighted by Crippen LogP contribution is -2.32. The van der Waals surface area contributed by atoms with Crippen molar-refractivity contribution in [2.24, 2.45) is 5.92 Å². The second-order valence-electron chi connectivity index (χ2n) is 7.50. The molecule has 0 saturated heterocycles. The number of rotatable bonds is 6. The Balaban J connectivity index is 1.58. The maximum Gasteiger partial charge on any atom is 0.224 e. The number of anilines is 1. The highest BCUT2D eigenvalue weighted by molar-refractivity contribution is 5.79. The molecule has 0 spiro atoms. The molecule has 138 valence electrons. The molecule has 0 aliphatic heterocycles. The van der Waals surface area contributed by atoms with Crippen LogP contribution in [0.4, 0.5) is 5.69 Å². The molecule has 4 heteroatoms. The van der Waals surface area contributed by atoms with Crippen LogP contribution in [0.2, 0.25) is 0 Å². The number of ether oxygens (including phenoxy) is 1. The van der Waals surface area contributed by atoms with E-state index in [1.807, 2.05) is 36.4 Å². The zero-order valence-corrected chi connectivity index (χ0v) is 15.6. The first-order valence-electron chi connectivity index (χ1n) is 9.40. The molecule has 4 nitrogen and oxygen atoms in total. The van der Waals surface area contributed by atoms with Gasteiger partial charge in [-0.1, -0.05) is 32.0 Å². The van der Waals surface area contributed by atoms with Crippen LogP contribution in [0.5, 0.6) is 5.75 Å². The fraction of sp³-hybridized carbons (Fsp3) is 0.409. The lowest BCUT2D eigenvalue weighted by molar-refractivity contribution is -0.121. The summed E-state index contributed by atoms with van der Waals surface area (Å²) < 4.78 is 5.69. The first kappa shape index (κ1) is 18.3. The van der Waals surface area contributed by atoms with Gasteiger partial charge >= 0.3 is 0 Å². The van der Waals surface area contributed by atoms with Crippen molar-refractivity contribution in [2.45, 2.75) is 45.6 Å². The van der Waals surface area contributed by atoms with Gasteiger partial charge in [0.1, 0.15) is 5.75 Å². The zero-order chi connectivity index (χ0) is 18.5. The van der Waals surface area contributed by atoms with Crippen LogP contribution >= 0.6 is 0 Å². The summed E-state index contributed by atoms with van der Waals surface area (Å²) in [5.74, 6) is 1.39. The number of hydrogen-bond donors (Lipinski definition) is 2. The predicted molar refractivity (Wildman–Crippen MR) is 105 cm³/mol. The van der Waals surface area contributed by atoms with E-state index in [4.69, 9.17) is 10.5 Å². The number of benzene rings is 2. The van der Waals surface area contributed by atoms with Crippen LogP contribution in [0.3, 0.4) is 0 Å². The van der Waals surface area contributed by atoms with Crippen molar-refractivity contribution >= 4 is 11.6 Å². The van der Waals surface area contributed by atoms with E-state index in [0.29, 0.717) is 18.9 Å². The number of nitrogens with one attached hydrogen (secondary N) is 1. The van der Waals surface area contributed by atoms with Gasteiger partial charge in [-0.3, -0.25) is 4.79 Å². The molecule has 1 unspecified atom stereocenters. The van der Waals surface area contributed by atoms with Gasteiger partial charge in [0.15, 0.2) is 0 Å². The Morgan fingerprint density at radius 2 is 2.00 bits per heavy atom. The van der Waals surface area contributed by atoms with Crippen molar-refractivity contribution in [3.05, 3.63) is 59.2 Å². The molecule has 3 rings (SSSR count). The first-order valence-corrected chi connectivity index (χ1v) is 9.40. The average Bonchev–Trinajstić information content (AvgIpc) is 2.61. The van der Waals surface area contributed by atoms with Crippen LogP contribution in [0.25, 0.3) is 0 Å².